The van der Waals surface area contributed by atoms with Gasteiger partial charge in [-0.1, -0.05) is 18.2 Å². The molecule has 1 N–H and O–H groups in total. The molecule has 1 atom stereocenters. The summed E-state index contributed by atoms with van der Waals surface area (Å²) < 4.78 is 28.4. The van der Waals surface area contributed by atoms with Gasteiger partial charge in [0.05, 0.1) is 7.11 Å². The third-order valence-corrected chi connectivity index (χ3v) is 3.20. The van der Waals surface area contributed by atoms with Crippen molar-refractivity contribution in [3.05, 3.63) is 54.3 Å². The van der Waals surface area contributed by atoms with Gasteiger partial charge in [0.25, 0.3) is 5.91 Å². The van der Waals surface area contributed by atoms with Gasteiger partial charge in [0, 0.05) is 11.8 Å². The Balaban J connectivity index is 1.83. The fraction of sp³-hybridized carbons (Fsp3) is 0.222. The average molecular weight is 347 g/mol. The highest BCUT2D eigenvalue weighted by atomic mass is 19.1. The normalized spacial score (nSPS) is 11.3. The van der Waals surface area contributed by atoms with Gasteiger partial charge < -0.3 is 19.5 Å². The van der Waals surface area contributed by atoms with Crippen LogP contribution in [0.15, 0.2) is 48.5 Å². The lowest BCUT2D eigenvalue weighted by atomic mass is 10.3. The Kier molecular flexibility index (Phi) is 6.33. The number of para-hydroxylation sites is 1. The molecule has 0 aliphatic carbocycles. The highest BCUT2D eigenvalue weighted by molar-refractivity contribution is 5.95. The third kappa shape index (κ3) is 5.49. The summed E-state index contributed by atoms with van der Waals surface area (Å²) in [5.74, 6) is -1.35. The first-order valence-corrected chi connectivity index (χ1v) is 7.51. The monoisotopic (exact) mass is 347 g/mol. The summed E-state index contributed by atoms with van der Waals surface area (Å²) in [6.45, 7) is 0.925. The molecule has 132 valence electrons. The molecule has 0 bridgehead atoms. The summed E-state index contributed by atoms with van der Waals surface area (Å²) in [5, 5.41) is 2.61. The first kappa shape index (κ1) is 18.3. The van der Waals surface area contributed by atoms with Crippen LogP contribution >= 0.6 is 0 Å². The maximum Gasteiger partial charge on any atom is 0.344 e. The number of amides is 1. The Morgan fingerprint density at radius 3 is 2.64 bits per heavy atom. The van der Waals surface area contributed by atoms with Crippen LogP contribution in [-0.2, 0) is 14.3 Å². The van der Waals surface area contributed by atoms with E-state index in [2.05, 4.69) is 5.32 Å². The molecule has 2 rings (SSSR count). The van der Waals surface area contributed by atoms with E-state index >= 15 is 0 Å². The first-order valence-electron chi connectivity index (χ1n) is 7.51. The Hall–Kier alpha value is -3.09. The molecule has 0 fully saturated rings. The highest BCUT2D eigenvalue weighted by Crippen LogP contribution is 2.17. The maximum absolute atomic E-state index is 13.4. The second kappa shape index (κ2) is 8.68. The van der Waals surface area contributed by atoms with E-state index in [1.54, 1.807) is 30.3 Å². The van der Waals surface area contributed by atoms with E-state index in [1.807, 2.05) is 0 Å². The summed E-state index contributed by atoms with van der Waals surface area (Å²) in [6.07, 6.45) is -1.04. The zero-order valence-corrected chi connectivity index (χ0v) is 13.8. The predicted octanol–water partition coefficient (Wildman–Crippen LogP) is 2.78. The van der Waals surface area contributed by atoms with Crippen LogP contribution in [0.2, 0.25) is 0 Å². The standard InChI is InChI=1S/C18H18FNO5/c1-12(18(22)20-13-6-5-7-14(10-13)23-2)25-17(21)11-24-16-9-4-3-8-15(16)19/h3-10,12H,11H2,1-2H3,(H,20,22)/t12-/m0/s1. The summed E-state index contributed by atoms with van der Waals surface area (Å²) in [5.41, 5.74) is 0.509. The molecule has 0 aliphatic heterocycles. The maximum atomic E-state index is 13.4. The smallest absolute Gasteiger partial charge is 0.344 e. The average Bonchev–Trinajstić information content (AvgIpc) is 2.61. The predicted molar refractivity (Wildman–Crippen MR) is 89.1 cm³/mol. The number of carbonyl (C=O) groups excluding carboxylic acids is 2. The zero-order valence-electron chi connectivity index (χ0n) is 13.8. The van der Waals surface area contributed by atoms with Crippen molar-refractivity contribution in [1.29, 1.82) is 0 Å². The molecule has 7 heteroatoms. The van der Waals surface area contributed by atoms with Crippen LogP contribution in [0.25, 0.3) is 0 Å². The van der Waals surface area contributed by atoms with Gasteiger partial charge in [-0.2, -0.15) is 0 Å². The number of benzene rings is 2. The summed E-state index contributed by atoms with van der Waals surface area (Å²) in [4.78, 5) is 23.8. The van der Waals surface area contributed by atoms with Gasteiger partial charge in [-0.05, 0) is 31.2 Å². The topological polar surface area (TPSA) is 73.9 Å². The number of halogens is 1. The molecule has 0 radical (unpaired) electrons. The van der Waals surface area contributed by atoms with Gasteiger partial charge in [0.2, 0.25) is 0 Å². The molecule has 0 heterocycles. The molecule has 0 unspecified atom stereocenters. The van der Waals surface area contributed by atoms with E-state index in [0.29, 0.717) is 11.4 Å². The van der Waals surface area contributed by atoms with E-state index < -0.39 is 30.4 Å². The van der Waals surface area contributed by atoms with Crippen molar-refractivity contribution in [3.8, 4) is 11.5 Å². The van der Waals surface area contributed by atoms with Gasteiger partial charge in [0.1, 0.15) is 5.75 Å². The molecule has 0 saturated heterocycles. The van der Waals surface area contributed by atoms with E-state index in [0.717, 1.165) is 0 Å². The molecule has 1 amide bonds. The lowest BCUT2D eigenvalue weighted by Gasteiger charge is -2.14. The van der Waals surface area contributed by atoms with Gasteiger partial charge in [0.15, 0.2) is 24.3 Å². The number of anilines is 1. The van der Waals surface area contributed by atoms with Gasteiger partial charge in [-0.15, -0.1) is 0 Å². The molecular weight excluding hydrogens is 329 g/mol. The number of methoxy groups -OCH3 is 1. The summed E-state index contributed by atoms with van der Waals surface area (Å²) >= 11 is 0. The van der Waals surface area contributed by atoms with Gasteiger partial charge in [-0.3, -0.25) is 4.79 Å². The van der Waals surface area contributed by atoms with E-state index in [1.165, 1.54) is 32.2 Å². The number of esters is 1. The molecule has 0 saturated carbocycles. The Morgan fingerprint density at radius 2 is 1.92 bits per heavy atom. The van der Waals surface area contributed by atoms with Crippen molar-refractivity contribution < 1.29 is 28.2 Å². The van der Waals surface area contributed by atoms with Crippen LogP contribution in [-0.4, -0.2) is 31.7 Å². The molecule has 2 aromatic rings. The lowest BCUT2D eigenvalue weighted by molar-refractivity contribution is -0.155. The van der Waals surface area contributed by atoms with Gasteiger partial charge >= 0.3 is 5.97 Å². The van der Waals surface area contributed by atoms with Crippen LogP contribution in [0.4, 0.5) is 10.1 Å². The van der Waals surface area contributed by atoms with Crippen molar-refractivity contribution in [1.82, 2.24) is 0 Å². The zero-order chi connectivity index (χ0) is 18.2. The summed E-state index contributed by atoms with van der Waals surface area (Å²) in [7, 11) is 1.51. The number of ether oxygens (including phenoxy) is 3. The van der Waals surface area contributed by atoms with Crippen LogP contribution in [0, 0.1) is 5.82 Å². The van der Waals surface area contributed by atoms with Crippen LogP contribution in [0.1, 0.15) is 6.92 Å². The van der Waals surface area contributed by atoms with Crippen LogP contribution in [0.3, 0.4) is 0 Å². The van der Waals surface area contributed by atoms with Crippen molar-refractivity contribution in [3.63, 3.8) is 0 Å². The molecule has 2 aromatic carbocycles. The minimum Gasteiger partial charge on any atom is -0.497 e. The molecule has 6 nitrogen and oxygen atoms in total. The Bertz CT molecular complexity index is 750. The Labute approximate surface area is 144 Å². The number of hydrogen-bond donors (Lipinski definition) is 1. The summed E-state index contributed by atoms with van der Waals surface area (Å²) in [6, 6.07) is 12.4. The number of rotatable bonds is 7. The van der Waals surface area contributed by atoms with Crippen molar-refractivity contribution in [2.75, 3.05) is 19.0 Å². The van der Waals surface area contributed by atoms with Crippen molar-refractivity contribution in [2.45, 2.75) is 13.0 Å². The van der Waals surface area contributed by atoms with E-state index in [9.17, 15) is 14.0 Å². The lowest BCUT2D eigenvalue weighted by Crippen LogP contribution is -2.31. The molecule has 0 aromatic heterocycles. The van der Waals surface area contributed by atoms with Crippen molar-refractivity contribution in [2.24, 2.45) is 0 Å². The second-order valence-electron chi connectivity index (χ2n) is 5.07. The molecule has 0 spiro atoms. The van der Waals surface area contributed by atoms with E-state index in [-0.39, 0.29) is 5.75 Å². The fourth-order valence-corrected chi connectivity index (χ4v) is 1.93. The third-order valence-electron chi connectivity index (χ3n) is 3.20. The quantitative estimate of drug-likeness (QED) is 0.780. The number of carbonyl (C=O) groups is 2. The minimum atomic E-state index is -1.04. The van der Waals surface area contributed by atoms with Crippen LogP contribution in [0.5, 0.6) is 11.5 Å². The Morgan fingerprint density at radius 1 is 1.16 bits per heavy atom. The molecular formula is C18H18FNO5. The minimum absolute atomic E-state index is 0.0621. The van der Waals surface area contributed by atoms with E-state index in [4.69, 9.17) is 14.2 Å². The molecule has 0 aliphatic rings. The number of hydrogen-bond acceptors (Lipinski definition) is 5. The second-order valence-corrected chi connectivity index (χ2v) is 5.07. The van der Waals surface area contributed by atoms with Gasteiger partial charge in [-0.25, -0.2) is 9.18 Å². The fourth-order valence-electron chi connectivity index (χ4n) is 1.93. The number of nitrogens with one attached hydrogen (secondary N) is 1. The van der Waals surface area contributed by atoms with Crippen LogP contribution < -0.4 is 14.8 Å². The first-order chi connectivity index (χ1) is 12.0. The molecule has 25 heavy (non-hydrogen) atoms. The largest absolute Gasteiger partial charge is 0.497 e. The SMILES string of the molecule is COc1cccc(NC(=O)[C@H](C)OC(=O)COc2ccccc2F)c1. The highest BCUT2D eigenvalue weighted by Gasteiger charge is 2.18. The van der Waals surface area contributed by atoms with Crippen molar-refractivity contribution >= 4 is 17.6 Å².